The number of carbonyl (C=O) groups excluding carboxylic acids is 4. The fourth-order valence-corrected chi connectivity index (χ4v) is 7.56. The molecule has 7 atom stereocenters. The molecule has 13 nitrogen and oxygen atoms in total. The summed E-state index contributed by atoms with van der Waals surface area (Å²) in [5, 5.41) is 5.75. The molecule has 14 heteroatoms. The van der Waals surface area contributed by atoms with Crippen LogP contribution >= 0.6 is 12.4 Å². The smallest absolute Gasteiger partial charge is 0.245 e. The number of rotatable bonds is 18. The molecule has 4 amide bonds. The van der Waals surface area contributed by atoms with Crippen LogP contribution in [0, 0.1) is 17.8 Å². The number of benzene rings is 4. The summed E-state index contributed by atoms with van der Waals surface area (Å²) in [5.74, 6) is 2.06. The summed E-state index contributed by atoms with van der Waals surface area (Å²) in [6.45, 7) is 14.6. The van der Waals surface area contributed by atoms with Crippen LogP contribution in [0.2, 0.25) is 0 Å². The zero-order valence-corrected chi connectivity index (χ0v) is 39.5. The van der Waals surface area contributed by atoms with E-state index in [-0.39, 0.29) is 78.1 Å². The Morgan fingerprint density at radius 2 is 0.862 bits per heavy atom. The molecule has 0 bridgehead atoms. The molecule has 0 radical (unpaired) electrons. The lowest BCUT2D eigenvalue weighted by Gasteiger charge is -2.31. The number of nitrogens with two attached hydrogens (primary N) is 1. The maximum Gasteiger partial charge on any atom is 0.245 e. The number of nitrogens with one attached hydrogen (secondary N) is 2. The van der Waals surface area contributed by atoms with Crippen molar-refractivity contribution in [1.82, 2.24) is 20.4 Å². The number of para-hydroxylation sites is 4. The van der Waals surface area contributed by atoms with E-state index in [0.29, 0.717) is 39.1 Å². The van der Waals surface area contributed by atoms with Gasteiger partial charge >= 0.3 is 0 Å². The summed E-state index contributed by atoms with van der Waals surface area (Å²) in [4.78, 5) is 55.3. The SMILES string of the molecule is CC(C)C(=O)N[C@H](C(=O)N1C[C@@H](Oc2ccccc2)C[C@H]1COc1ccccc1)C(C)C.CC(C)[C@H](NC(=O)[C@H](C)N)C(=O)N1C[C@@H](Oc2ccccc2)C[C@H]1COc1ccccc1.Cl. The van der Waals surface area contributed by atoms with Crippen molar-refractivity contribution in [3.8, 4) is 23.0 Å². The maximum absolute atomic E-state index is 13.6. The van der Waals surface area contributed by atoms with E-state index >= 15 is 0 Å². The van der Waals surface area contributed by atoms with E-state index in [4.69, 9.17) is 24.7 Å². The summed E-state index contributed by atoms with van der Waals surface area (Å²) < 4.78 is 24.3. The zero-order valence-electron chi connectivity index (χ0n) is 38.7. The molecule has 65 heavy (non-hydrogen) atoms. The van der Waals surface area contributed by atoms with E-state index in [1.165, 1.54) is 0 Å². The quantitative estimate of drug-likeness (QED) is 0.0962. The largest absolute Gasteiger partial charge is 0.491 e. The van der Waals surface area contributed by atoms with Crippen molar-refractivity contribution in [2.45, 2.75) is 104 Å². The van der Waals surface area contributed by atoms with Gasteiger partial charge < -0.3 is 45.1 Å². The van der Waals surface area contributed by atoms with E-state index in [1.54, 1.807) is 11.8 Å². The van der Waals surface area contributed by atoms with Crippen LogP contribution in [0.3, 0.4) is 0 Å². The molecule has 2 heterocycles. The van der Waals surface area contributed by atoms with Crippen LogP contribution in [0.5, 0.6) is 23.0 Å². The first-order valence-corrected chi connectivity index (χ1v) is 22.5. The Morgan fingerprint density at radius 1 is 0.538 bits per heavy atom. The lowest BCUT2D eigenvalue weighted by atomic mass is 10.0. The van der Waals surface area contributed by atoms with Gasteiger partial charge in [0.25, 0.3) is 0 Å². The summed E-state index contributed by atoms with van der Waals surface area (Å²) in [6, 6.07) is 36.1. The summed E-state index contributed by atoms with van der Waals surface area (Å²) in [5.41, 5.74) is 5.71. The summed E-state index contributed by atoms with van der Waals surface area (Å²) in [6.07, 6.45) is 0.998. The van der Waals surface area contributed by atoms with Crippen molar-refractivity contribution in [3.63, 3.8) is 0 Å². The number of hydrogen-bond acceptors (Lipinski definition) is 9. The molecule has 352 valence electrons. The molecule has 4 N–H and O–H groups in total. The number of nitrogens with zero attached hydrogens (tertiary/aromatic N) is 2. The Morgan fingerprint density at radius 3 is 1.17 bits per heavy atom. The van der Waals surface area contributed by atoms with Crippen molar-refractivity contribution >= 4 is 36.0 Å². The third-order valence-corrected chi connectivity index (χ3v) is 11.2. The van der Waals surface area contributed by atoms with Gasteiger partial charge in [-0.3, -0.25) is 19.2 Å². The number of amides is 4. The van der Waals surface area contributed by atoms with Crippen molar-refractivity contribution < 1.29 is 38.1 Å². The number of halogens is 1. The summed E-state index contributed by atoms with van der Waals surface area (Å²) in [7, 11) is 0. The first-order valence-electron chi connectivity index (χ1n) is 22.5. The summed E-state index contributed by atoms with van der Waals surface area (Å²) >= 11 is 0. The first-order chi connectivity index (χ1) is 30.7. The zero-order chi connectivity index (χ0) is 46.2. The van der Waals surface area contributed by atoms with Crippen LogP contribution in [-0.2, 0) is 19.2 Å². The molecule has 2 saturated heterocycles. The van der Waals surface area contributed by atoms with E-state index in [9.17, 15) is 19.2 Å². The van der Waals surface area contributed by atoms with Crippen LogP contribution in [-0.4, -0.2) is 102 Å². The van der Waals surface area contributed by atoms with Gasteiger partial charge in [0.2, 0.25) is 23.6 Å². The highest BCUT2D eigenvalue weighted by atomic mass is 35.5. The van der Waals surface area contributed by atoms with Crippen molar-refractivity contribution in [1.29, 1.82) is 0 Å². The Bertz CT molecular complexity index is 1900. The second-order valence-corrected chi connectivity index (χ2v) is 17.5. The third kappa shape index (κ3) is 15.7. The Labute approximate surface area is 391 Å². The van der Waals surface area contributed by atoms with Crippen molar-refractivity contribution in [2.24, 2.45) is 23.5 Å². The predicted octanol–water partition coefficient (Wildman–Crippen LogP) is 6.93. The number of likely N-dealkylation sites (tertiary alicyclic amines) is 2. The Hall–Kier alpha value is -5.79. The van der Waals surface area contributed by atoms with Gasteiger partial charge in [-0.25, -0.2) is 0 Å². The topological polar surface area (TPSA) is 162 Å². The van der Waals surface area contributed by atoms with Gasteiger partial charge in [-0.2, -0.15) is 0 Å². The van der Waals surface area contributed by atoms with Crippen LogP contribution in [0.15, 0.2) is 121 Å². The fraction of sp³-hybridized carbons (Fsp3) is 0.451. The molecule has 0 spiro atoms. The minimum absolute atomic E-state index is 0. The highest BCUT2D eigenvalue weighted by molar-refractivity contribution is 5.90. The number of ether oxygens (including phenoxy) is 4. The van der Waals surface area contributed by atoms with Gasteiger partial charge in [0, 0.05) is 18.8 Å². The van der Waals surface area contributed by atoms with E-state index in [0.717, 1.165) is 23.0 Å². The van der Waals surface area contributed by atoms with E-state index in [1.807, 2.05) is 168 Å². The van der Waals surface area contributed by atoms with E-state index in [2.05, 4.69) is 10.6 Å². The average molecular weight is 915 g/mol. The standard InChI is InChI=1S/C26H34N2O4.C25H33N3O4.ClH/c1-18(2)24(27-25(29)19(3)4)26(30)28-16-23(32-22-13-9-6-10-14-22)15-20(28)17-31-21-11-7-5-8-12-21;1-17(2)23(27-24(29)18(3)26)25(30)28-15-22(32-21-12-8-5-9-13-21)14-19(28)16-31-20-10-6-4-7-11-20;/h5-14,18-20,23-24H,15-17H2,1-4H3,(H,27,29);4-13,17-19,22-23H,14-16,26H2,1-3H3,(H,27,29);1H/t20-,23-,24-;18-,19-,22-,23-;/m00./s1. The van der Waals surface area contributed by atoms with Crippen molar-refractivity contribution in [3.05, 3.63) is 121 Å². The monoisotopic (exact) mass is 913 g/mol. The van der Waals surface area contributed by atoms with Crippen LogP contribution in [0.1, 0.15) is 61.3 Å². The molecule has 4 aromatic rings. The van der Waals surface area contributed by atoms with Crippen LogP contribution in [0.4, 0.5) is 0 Å². The highest BCUT2D eigenvalue weighted by Gasteiger charge is 2.42. The molecular formula is C51H68ClN5O8. The minimum atomic E-state index is -0.686. The van der Waals surface area contributed by atoms with Crippen LogP contribution < -0.4 is 35.3 Å². The molecule has 0 unspecified atom stereocenters. The first kappa shape index (κ1) is 51.8. The van der Waals surface area contributed by atoms with Gasteiger partial charge in [0.15, 0.2) is 0 Å². The van der Waals surface area contributed by atoms with Crippen molar-refractivity contribution in [2.75, 3.05) is 26.3 Å². The fourth-order valence-electron chi connectivity index (χ4n) is 7.56. The van der Waals surface area contributed by atoms with Gasteiger partial charge in [0.1, 0.15) is 60.5 Å². The van der Waals surface area contributed by atoms with Gasteiger partial charge in [-0.05, 0) is 67.3 Å². The average Bonchev–Trinajstić information content (AvgIpc) is 3.89. The van der Waals surface area contributed by atoms with Gasteiger partial charge in [-0.1, -0.05) is 114 Å². The second kappa shape index (κ2) is 25.6. The molecular weight excluding hydrogens is 846 g/mol. The highest BCUT2D eigenvalue weighted by Crippen LogP contribution is 2.28. The number of carbonyl (C=O) groups is 4. The normalized spacial score (nSPS) is 19.2. The predicted molar refractivity (Wildman–Crippen MR) is 255 cm³/mol. The molecule has 0 aliphatic carbocycles. The lowest BCUT2D eigenvalue weighted by Crippen LogP contribution is -2.55. The second-order valence-electron chi connectivity index (χ2n) is 17.5. The third-order valence-electron chi connectivity index (χ3n) is 11.2. The molecule has 6 rings (SSSR count). The lowest BCUT2D eigenvalue weighted by molar-refractivity contribution is -0.139. The van der Waals surface area contributed by atoms with Gasteiger partial charge in [-0.15, -0.1) is 12.4 Å². The van der Waals surface area contributed by atoms with E-state index < -0.39 is 18.1 Å². The van der Waals surface area contributed by atoms with Crippen LogP contribution in [0.25, 0.3) is 0 Å². The maximum atomic E-state index is 13.6. The number of hydrogen-bond donors (Lipinski definition) is 3. The molecule has 0 saturated carbocycles. The molecule has 2 aliphatic heterocycles. The Balaban J connectivity index is 0.000000280. The van der Waals surface area contributed by atoms with Gasteiger partial charge in [0.05, 0.1) is 31.2 Å². The molecule has 4 aromatic carbocycles. The molecule has 2 aliphatic rings. The minimum Gasteiger partial charge on any atom is -0.491 e. The molecule has 0 aromatic heterocycles. The Kier molecular flexibility index (Phi) is 20.4. The molecule has 2 fully saturated rings.